The molecule has 0 saturated carbocycles. The molecular weight excluding hydrogens is 232 g/mol. The van der Waals surface area contributed by atoms with Gasteiger partial charge in [0.1, 0.15) is 5.76 Å². The fraction of sp³-hybridized carbons (Fsp3) is 0.385. The minimum absolute atomic E-state index is 0.925. The SMILES string of the molecule is CCc1noc(C)c1CSCc1ccccn1. The molecule has 0 N–H and O–H groups in total. The Kier molecular flexibility index (Phi) is 4.20. The summed E-state index contributed by atoms with van der Waals surface area (Å²) in [5.41, 5.74) is 3.44. The first kappa shape index (κ1) is 12.2. The Balaban J connectivity index is 1.92. The summed E-state index contributed by atoms with van der Waals surface area (Å²) >= 11 is 1.85. The zero-order valence-corrected chi connectivity index (χ0v) is 11.0. The van der Waals surface area contributed by atoms with E-state index in [1.165, 1.54) is 5.56 Å². The largest absolute Gasteiger partial charge is 0.361 e. The predicted molar refractivity (Wildman–Crippen MR) is 69.9 cm³/mol. The number of aryl methyl sites for hydroxylation is 2. The van der Waals surface area contributed by atoms with Crippen LogP contribution >= 0.6 is 11.8 Å². The van der Waals surface area contributed by atoms with Gasteiger partial charge in [0.05, 0.1) is 11.4 Å². The number of aromatic nitrogens is 2. The first-order valence-corrected chi connectivity index (χ1v) is 6.88. The molecule has 0 atom stereocenters. The van der Waals surface area contributed by atoms with E-state index in [0.29, 0.717) is 0 Å². The molecule has 0 bridgehead atoms. The van der Waals surface area contributed by atoms with Gasteiger partial charge in [0.15, 0.2) is 0 Å². The Bertz CT molecular complexity index is 468. The third-order valence-electron chi connectivity index (χ3n) is 2.62. The summed E-state index contributed by atoms with van der Waals surface area (Å²) in [5, 5.41) is 4.06. The standard InChI is InChI=1S/C13H16N2OS/c1-3-13-12(10(2)16-15-13)9-17-8-11-6-4-5-7-14-11/h4-7H,3,8-9H2,1-2H3. The van der Waals surface area contributed by atoms with Crippen LogP contribution in [0, 0.1) is 6.92 Å². The summed E-state index contributed by atoms with van der Waals surface area (Å²) in [4.78, 5) is 4.30. The third kappa shape index (κ3) is 3.09. The highest BCUT2D eigenvalue weighted by atomic mass is 32.2. The normalized spacial score (nSPS) is 10.7. The molecular formula is C13H16N2OS. The molecule has 2 aromatic rings. The maximum Gasteiger partial charge on any atom is 0.137 e. The van der Waals surface area contributed by atoms with Crippen molar-refractivity contribution in [2.24, 2.45) is 0 Å². The van der Waals surface area contributed by atoms with Crippen molar-refractivity contribution < 1.29 is 4.52 Å². The Hall–Kier alpha value is -1.29. The van der Waals surface area contributed by atoms with E-state index in [9.17, 15) is 0 Å². The van der Waals surface area contributed by atoms with Crippen LogP contribution in [0.25, 0.3) is 0 Å². The van der Waals surface area contributed by atoms with Crippen LogP contribution in [0.5, 0.6) is 0 Å². The minimum Gasteiger partial charge on any atom is -0.361 e. The van der Waals surface area contributed by atoms with E-state index in [2.05, 4.69) is 17.1 Å². The summed E-state index contributed by atoms with van der Waals surface area (Å²) in [7, 11) is 0. The van der Waals surface area contributed by atoms with Gasteiger partial charge >= 0.3 is 0 Å². The highest BCUT2D eigenvalue weighted by Gasteiger charge is 2.10. The van der Waals surface area contributed by atoms with E-state index < -0.39 is 0 Å². The number of hydrogen-bond acceptors (Lipinski definition) is 4. The molecule has 2 aromatic heterocycles. The van der Waals surface area contributed by atoms with Gasteiger partial charge in [0.25, 0.3) is 0 Å². The number of rotatable bonds is 5. The number of pyridine rings is 1. The molecule has 4 heteroatoms. The van der Waals surface area contributed by atoms with Crippen molar-refractivity contribution in [3.05, 3.63) is 47.1 Å². The molecule has 0 aromatic carbocycles. The lowest BCUT2D eigenvalue weighted by molar-refractivity contribution is 0.390. The average molecular weight is 248 g/mol. The summed E-state index contributed by atoms with van der Waals surface area (Å²) in [6, 6.07) is 6.01. The molecule has 0 amide bonds. The lowest BCUT2D eigenvalue weighted by atomic mass is 10.2. The Morgan fingerprint density at radius 1 is 1.29 bits per heavy atom. The second-order valence-electron chi connectivity index (χ2n) is 3.83. The number of nitrogens with zero attached hydrogens (tertiary/aromatic N) is 2. The zero-order valence-electron chi connectivity index (χ0n) is 10.1. The van der Waals surface area contributed by atoms with Crippen molar-refractivity contribution in [2.45, 2.75) is 31.8 Å². The highest BCUT2D eigenvalue weighted by molar-refractivity contribution is 7.97. The Morgan fingerprint density at radius 2 is 2.18 bits per heavy atom. The minimum atomic E-state index is 0.925. The van der Waals surface area contributed by atoms with Gasteiger partial charge in [-0.3, -0.25) is 4.98 Å². The number of thioether (sulfide) groups is 1. The fourth-order valence-corrected chi connectivity index (χ4v) is 2.70. The monoisotopic (exact) mass is 248 g/mol. The molecule has 17 heavy (non-hydrogen) atoms. The van der Waals surface area contributed by atoms with Crippen LogP contribution < -0.4 is 0 Å². The summed E-state index contributed by atoms with van der Waals surface area (Å²) < 4.78 is 5.21. The molecule has 0 aliphatic heterocycles. The summed E-state index contributed by atoms with van der Waals surface area (Å²) in [6.07, 6.45) is 2.76. The van der Waals surface area contributed by atoms with Gasteiger partial charge in [-0.15, -0.1) is 0 Å². The third-order valence-corrected chi connectivity index (χ3v) is 3.62. The Labute approximate surface area is 106 Å². The molecule has 0 saturated heterocycles. The molecule has 0 aliphatic carbocycles. The molecule has 90 valence electrons. The van der Waals surface area contributed by atoms with Gasteiger partial charge in [0.2, 0.25) is 0 Å². The van der Waals surface area contributed by atoms with Gasteiger partial charge in [-0.05, 0) is 25.5 Å². The van der Waals surface area contributed by atoms with Crippen LogP contribution in [0.2, 0.25) is 0 Å². The summed E-state index contributed by atoms with van der Waals surface area (Å²) in [6.45, 7) is 4.08. The van der Waals surface area contributed by atoms with E-state index in [0.717, 1.165) is 35.1 Å². The maximum atomic E-state index is 5.21. The smallest absolute Gasteiger partial charge is 0.137 e. The van der Waals surface area contributed by atoms with Crippen molar-refractivity contribution in [2.75, 3.05) is 0 Å². The second kappa shape index (κ2) is 5.87. The van der Waals surface area contributed by atoms with Gasteiger partial charge in [-0.2, -0.15) is 11.8 Å². The molecule has 0 fully saturated rings. The molecule has 0 spiro atoms. The van der Waals surface area contributed by atoms with E-state index in [1.54, 1.807) is 0 Å². The van der Waals surface area contributed by atoms with E-state index >= 15 is 0 Å². The molecule has 0 unspecified atom stereocenters. The molecule has 0 radical (unpaired) electrons. The van der Waals surface area contributed by atoms with Crippen molar-refractivity contribution in [3.63, 3.8) is 0 Å². The van der Waals surface area contributed by atoms with E-state index in [1.807, 2.05) is 43.1 Å². The maximum absolute atomic E-state index is 5.21. The molecule has 2 rings (SSSR count). The molecule has 2 heterocycles. The predicted octanol–water partition coefficient (Wildman–Crippen LogP) is 3.37. The first-order valence-electron chi connectivity index (χ1n) is 5.73. The van der Waals surface area contributed by atoms with Crippen LogP contribution in [-0.2, 0) is 17.9 Å². The van der Waals surface area contributed by atoms with Gasteiger partial charge in [-0.1, -0.05) is 18.1 Å². The second-order valence-corrected chi connectivity index (χ2v) is 4.82. The zero-order chi connectivity index (χ0) is 12.1. The van der Waals surface area contributed by atoms with Crippen molar-refractivity contribution in [1.29, 1.82) is 0 Å². The van der Waals surface area contributed by atoms with E-state index in [-0.39, 0.29) is 0 Å². The highest BCUT2D eigenvalue weighted by Crippen LogP contribution is 2.22. The van der Waals surface area contributed by atoms with Gasteiger partial charge in [0, 0.05) is 23.3 Å². The van der Waals surface area contributed by atoms with Gasteiger partial charge < -0.3 is 4.52 Å². The first-order chi connectivity index (χ1) is 8.31. The van der Waals surface area contributed by atoms with Crippen LogP contribution in [-0.4, -0.2) is 10.1 Å². The lowest BCUT2D eigenvalue weighted by Gasteiger charge is -2.01. The Morgan fingerprint density at radius 3 is 2.88 bits per heavy atom. The molecule has 3 nitrogen and oxygen atoms in total. The lowest BCUT2D eigenvalue weighted by Crippen LogP contribution is -1.91. The topological polar surface area (TPSA) is 38.9 Å². The summed E-state index contributed by atoms with van der Waals surface area (Å²) in [5.74, 6) is 2.80. The average Bonchev–Trinajstić information content (AvgIpc) is 2.72. The van der Waals surface area contributed by atoms with Crippen LogP contribution in [0.3, 0.4) is 0 Å². The van der Waals surface area contributed by atoms with Crippen molar-refractivity contribution in [1.82, 2.24) is 10.1 Å². The van der Waals surface area contributed by atoms with E-state index in [4.69, 9.17) is 4.52 Å². The van der Waals surface area contributed by atoms with Crippen LogP contribution in [0.1, 0.15) is 29.6 Å². The number of hydrogen-bond donors (Lipinski definition) is 0. The molecule has 0 aliphatic rings. The van der Waals surface area contributed by atoms with Crippen LogP contribution in [0.4, 0.5) is 0 Å². The van der Waals surface area contributed by atoms with Crippen molar-refractivity contribution in [3.8, 4) is 0 Å². The fourth-order valence-electron chi connectivity index (χ4n) is 1.64. The van der Waals surface area contributed by atoms with Crippen molar-refractivity contribution >= 4 is 11.8 Å². The quantitative estimate of drug-likeness (QED) is 0.813. The van der Waals surface area contributed by atoms with Gasteiger partial charge in [-0.25, -0.2) is 0 Å². The van der Waals surface area contributed by atoms with Crippen LogP contribution in [0.15, 0.2) is 28.9 Å².